The average Bonchev–Trinajstić information content (AvgIpc) is 2.91. The monoisotopic (exact) mass is 282 g/mol. The van der Waals surface area contributed by atoms with E-state index in [1.54, 1.807) is 0 Å². The molecule has 1 unspecified atom stereocenters. The molecule has 0 aromatic heterocycles. The van der Waals surface area contributed by atoms with Crippen LogP contribution in [0.4, 0.5) is 5.69 Å². The largest absolute Gasteiger partial charge is 0.494 e. The summed E-state index contributed by atoms with van der Waals surface area (Å²) in [6.07, 6.45) is 1.11. The van der Waals surface area contributed by atoms with Crippen molar-refractivity contribution in [2.45, 2.75) is 19.4 Å². The summed E-state index contributed by atoms with van der Waals surface area (Å²) in [6, 6.07) is 16.6. The summed E-state index contributed by atoms with van der Waals surface area (Å²) in [4.78, 5) is 2.38. The maximum atomic E-state index is 6.44. The predicted molar refractivity (Wildman–Crippen MR) is 86.9 cm³/mol. The van der Waals surface area contributed by atoms with Crippen LogP contribution in [-0.4, -0.2) is 19.7 Å². The van der Waals surface area contributed by atoms with Crippen LogP contribution >= 0.6 is 0 Å². The number of anilines is 1. The molecule has 110 valence electrons. The molecule has 3 heteroatoms. The van der Waals surface area contributed by atoms with E-state index in [0.29, 0.717) is 6.61 Å². The molecule has 1 aliphatic heterocycles. The van der Waals surface area contributed by atoms with Gasteiger partial charge in [-0.2, -0.15) is 0 Å². The van der Waals surface area contributed by atoms with E-state index in [1.807, 2.05) is 25.1 Å². The van der Waals surface area contributed by atoms with Crippen LogP contribution in [0.1, 0.15) is 24.1 Å². The zero-order valence-electron chi connectivity index (χ0n) is 12.5. The highest BCUT2D eigenvalue weighted by atomic mass is 16.5. The maximum absolute atomic E-state index is 6.44. The average molecular weight is 282 g/mol. The number of benzene rings is 2. The van der Waals surface area contributed by atoms with E-state index in [9.17, 15) is 0 Å². The first kappa shape index (κ1) is 14.0. The zero-order valence-corrected chi connectivity index (χ0v) is 12.5. The van der Waals surface area contributed by atoms with Crippen molar-refractivity contribution in [1.82, 2.24) is 0 Å². The minimum atomic E-state index is -0.0427. The molecule has 0 spiro atoms. The Morgan fingerprint density at radius 2 is 1.90 bits per heavy atom. The third kappa shape index (κ3) is 2.88. The van der Waals surface area contributed by atoms with Crippen molar-refractivity contribution in [3.8, 4) is 5.75 Å². The van der Waals surface area contributed by atoms with Crippen LogP contribution in [0, 0.1) is 0 Å². The van der Waals surface area contributed by atoms with E-state index in [4.69, 9.17) is 10.5 Å². The highest BCUT2D eigenvalue weighted by molar-refractivity contribution is 5.58. The SMILES string of the molecule is CCOc1ccccc1C(N)CN1CCc2ccccc21. The molecule has 2 N–H and O–H groups in total. The van der Waals surface area contributed by atoms with Gasteiger partial charge in [0.15, 0.2) is 0 Å². The van der Waals surface area contributed by atoms with Crippen LogP contribution < -0.4 is 15.4 Å². The van der Waals surface area contributed by atoms with E-state index in [2.05, 4.69) is 35.2 Å². The smallest absolute Gasteiger partial charge is 0.124 e. The Labute approximate surface area is 126 Å². The van der Waals surface area contributed by atoms with Crippen molar-refractivity contribution in [2.75, 3.05) is 24.6 Å². The fourth-order valence-electron chi connectivity index (χ4n) is 3.01. The molecule has 2 aromatic carbocycles. The van der Waals surface area contributed by atoms with E-state index >= 15 is 0 Å². The lowest BCUT2D eigenvalue weighted by Gasteiger charge is -2.25. The lowest BCUT2D eigenvalue weighted by molar-refractivity contribution is 0.334. The highest BCUT2D eigenvalue weighted by Crippen LogP contribution is 2.30. The number of ether oxygens (including phenoxy) is 1. The van der Waals surface area contributed by atoms with Crippen molar-refractivity contribution in [1.29, 1.82) is 0 Å². The Morgan fingerprint density at radius 3 is 2.76 bits per heavy atom. The Hall–Kier alpha value is -2.00. The molecule has 1 heterocycles. The molecule has 0 saturated carbocycles. The van der Waals surface area contributed by atoms with Gasteiger partial charge in [0.1, 0.15) is 5.75 Å². The minimum Gasteiger partial charge on any atom is -0.494 e. The van der Waals surface area contributed by atoms with Gasteiger partial charge in [-0.3, -0.25) is 0 Å². The number of nitrogens with two attached hydrogens (primary N) is 1. The van der Waals surface area contributed by atoms with Crippen LogP contribution in [0.3, 0.4) is 0 Å². The molecule has 21 heavy (non-hydrogen) atoms. The minimum absolute atomic E-state index is 0.0427. The third-order valence-corrected chi connectivity index (χ3v) is 4.02. The lowest BCUT2D eigenvalue weighted by atomic mass is 10.1. The second-order valence-corrected chi connectivity index (χ2v) is 5.40. The molecule has 0 amide bonds. The van der Waals surface area contributed by atoms with Crippen molar-refractivity contribution < 1.29 is 4.74 Å². The fourth-order valence-corrected chi connectivity index (χ4v) is 3.01. The van der Waals surface area contributed by atoms with Gasteiger partial charge in [0, 0.05) is 24.3 Å². The third-order valence-electron chi connectivity index (χ3n) is 4.02. The summed E-state index contributed by atoms with van der Waals surface area (Å²) in [5.74, 6) is 0.903. The zero-order chi connectivity index (χ0) is 14.7. The molecule has 0 aliphatic carbocycles. The molecule has 1 aliphatic rings. The first-order valence-corrected chi connectivity index (χ1v) is 7.59. The van der Waals surface area contributed by atoms with Crippen LogP contribution in [0.15, 0.2) is 48.5 Å². The quantitative estimate of drug-likeness (QED) is 0.915. The number of nitrogens with zero attached hydrogens (tertiary/aromatic N) is 1. The van der Waals surface area contributed by atoms with E-state index in [-0.39, 0.29) is 6.04 Å². The topological polar surface area (TPSA) is 38.5 Å². The van der Waals surface area contributed by atoms with Gasteiger partial charge < -0.3 is 15.4 Å². The van der Waals surface area contributed by atoms with Gasteiger partial charge >= 0.3 is 0 Å². The molecule has 0 fully saturated rings. The number of para-hydroxylation sites is 2. The van der Waals surface area contributed by atoms with E-state index in [1.165, 1.54) is 11.3 Å². The molecule has 1 atom stereocenters. The molecular formula is C18H22N2O. The van der Waals surface area contributed by atoms with E-state index in [0.717, 1.165) is 30.8 Å². The fraction of sp³-hybridized carbons (Fsp3) is 0.333. The standard InChI is InChI=1S/C18H22N2O/c1-2-21-18-10-6-4-8-15(18)16(19)13-20-12-11-14-7-3-5-9-17(14)20/h3-10,16H,2,11-13,19H2,1H3. The van der Waals surface area contributed by atoms with Gasteiger partial charge in [-0.1, -0.05) is 36.4 Å². The number of hydrogen-bond donors (Lipinski definition) is 1. The summed E-state index contributed by atoms with van der Waals surface area (Å²) < 4.78 is 5.69. The Morgan fingerprint density at radius 1 is 1.14 bits per heavy atom. The molecule has 0 bridgehead atoms. The summed E-state index contributed by atoms with van der Waals surface area (Å²) in [6.45, 7) is 4.53. The van der Waals surface area contributed by atoms with Crippen molar-refractivity contribution in [3.05, 3.63) is 59.7 Å². The van der Waals surface area contributed by atoms with Crippen molar-refractivity contribution in [2.24, 2.45) is 5.73 Å². The van der Waals surface area contributed by atoms with Crippen LogP contribution in [0.25, 0.3) is 0 Å². The van der Waals surface area contributed by atoms with Crippen LogP contribution in [-0.2, 0) is 6.42 Å². The molecule has 0 saturated heterocycles. The second kappa shape index (κ2) is 6.19. The number of hydrogen-bond acceptors (Lipinski definition) is 3. The molecule has 0 radical (unpaired) electrons. The summed E-state index contributed by atoms with van der Waals surface area (Å²) in [5, 5.41) is 0. The molecular weight excluding hydrogens is 260 g/mol. The van der Waals surface area contributed by atoms with Gasteiger partial charge in [0.2, 0.25) is 0 Å². The summed E-state index contributed by atoms with van der Waals surface area (Å²) in [7, 11) is 0. The second-order valence-electron chi connectivity index (χ2n) is 5.40. The first-order valence-electron chi connectivity index (χ1n) is 7.59. The van der Waals surface area contributed by atoms with Crippen molar-refractivity contribution in [3.63, 3.8) is 0 Å². The number of fused-ring (bicyclic) bond motifs is 1. The molecule has 3 rings (SSSR count). The Balaban J connectivity index is 1.77. The van der Waals surface area contributed by atoms with Gasteiger partial charge in [0.05, 0.1) is 12.6 Å². The Kier molecular flexibility index (Phi) is 4.11. The van der Waals surface area contributed by atoms with Gasteiger partial charge in [-0.05, 0) is 31.0 Å². The van der Waals surface area contributed by atoms with Crippen LogP contribution in [0.2, 0.25) is 0 Å². The maximum Gasteiger partial charge on any atom is 0.124 e. The first-order chi connectivity index (χ1) is 10.3. The highest BCUT2D eigenvalue weighted by Gasteiger charge is 2.22. The lowest BCUT2D eigenvalue weighted by Crippen LogP contribution is -2.31. The van der Waals surface area contributed by atoms with E-state index < -0.39 is 0 Å². The summed E-state index contributed by atoms with van der Waals surface area (Å²) in [5.41, 5.74) is 10.3. The van der Waals surface area contributed by atoms with Gasteiger partial charge in [0.25, 0.3) is 0 Å². The summed E-state index contributed by atoms with van der Waals surface area (Å²) >= 11 is 0. The number of rotatable bonds is 5. The van der Waals surface area contributed by atoms with Crippen molar-refractivity contribution >= 4 is 5.69 Å². The van der Waals surface area contributed by atoms with Crippen LogP contribution in [0.5, 0.6) is 5.75 Å². The predicted octanol–water partition coefficient (Wildman–Crippen LogP) is 3.15. The molecule has 2 aromatic rings. The Bertz CT molecular complexity index is 612. The normalized spacial score (nSPS) is 14.9. The van der Waals surface area contributed by atoms with Gasteiger partial charge in [-0.25, -0.2) is 0 Å². The van der Waals surface area contributed by atoms with Gasteiger partial charge in [-0.15, -0.1) is 0 Å². The molecule has 3 nitrogen and oxygen atoms in total.